The van der Waals surface area contributed by atoms with E-state index < -0.39 is 0 Å². The molecule has 1 aromatic rings. The Hall–Kier alpha value is -0.340. The zero-order chi connectivity index (χ0) is 10.5. The summed E-state index contributed by atoms with van der Waals surface area (Å²) in [6.45, 7) is 3.39. The fraction of sp³-hybridized carbons (Fsp3) is 0.692. The number of nitrogens with one attached hydrogen (secondary N) is 1. The second kappa shape index (κ2) is 5.66. The van der Waals surface area contributed by atoms with Gasteiger partial charge < -0.3 is 5.32 Å². The first-order chi connectivity index (χ1) is 7.36. The van der Waals surface area contributed by atoms with Crippen LogP contribution in [0.3, 0.4) is 0 Å². The van der Waals surface area contributed by atoms with Crippen LogP contribution in [0.15, 0.2) is 16.8 Å². The van der Waals surface area contributed by atoms with Crippen molar-refractivity contribution >= 4 is 11.3 Å². The lowest BCUT2D eigenvalue weighted by Crippen LogP contribution is -2.34. The Morgan fingerprint density at radius 3 is 2.87 bits per heavy atom. The maximum Gasteiger partial charge on any atom is 0.0216 e. The lowest BCUT2D eigenvalue weighted by molar-refractivity contribution is 0.280. The van der Waals surface area contributed by atoms with Crippen molar-refractivity contribution in [1.29, 1.82) is 0 Å². The molecule has 1 aliphatic carbocycles. The lowest BCUT2D eigenvalue weighted by atomic mass is 9.84. The van der Waals surface area contributed by atoms with Gasteiger partial charge in [-0.05, 0) is 48.1 Å². The normalized spacial score (nSPS) is 20.3. The van der Waals surface area contributed by atoms with E-state index in [2.05, 4.69) is 29.1 Å². The lowest BCUT2D eigenvalue weighted by Gasteiger charge is -2.28. The average Bonchev–Trinajstić information content (AvgIpc) is 2.80. The van der Waals surface area contributed by atoms with E-state index in [9.17, 15) is 0 Å². The molecule has 0 aromatic carbocycles. The fourth-order valence-corrected chi connectivity index (χ4v) is 3.14. The molecule has 1 saturated carbocycles. The summed E-state index contributed by atoms with van der Waals surface area (Å²) in [4.78, 5) is 0. The van der Waals surface area contributed by atoms with E-state index in [4.69, 9.17) is 0 Å². The van der Waals surface area contributed by atoms with Crippen molar-refractivity contribution in [1.82, 2.24) is 5.32 Å². The molecular formula is C13H21NS. The number of hydrogen-bond donors (Lipinski definition) is 1. The molecule has 0 unspecified atom stereocenters. The highest BCUT2D eigenvalue weighted by atomic mass is 32.1. The highest BCUT2D eigenvalue weighted by Gasteiger charge is 2.19. The van der Waals surface area contributed by atoms with Gasteiger partial charge >= 0.3 is 0 Å². The molecule has 0 amide bonds. The molecule has 1 aromatic heterocycles. The van der Waals surface area contributed by atoms with Crippen LogP contribution in [0.1, 0.15) is 44.6 Å². The van der Waals surface area contributed by atoms with Gasteiger partial charge in [0.05, 0.1) is 0 Å². The first kappa shape index (κ1) is 11.2. The van der Waals surface area contributed by atoms with Gasteiger partial charge in [-0.3, -0.25) is 0 Å². The summed E-state index contributed by atoms with van der Waals surface area (Å²) in [7, 11) is 0. The maximum absolute atomic E-state index is 3.66. The molecule has 1 aliphatic rings. The molecule has 0 saturated heterocycles. The average molecular weight is 223 g/mol. The van der Waals surface area contributed by atoms with Crippen molar-refractivity contribution in [3.63, 3.8) is 0 Å². The molecule has 0 spiro atoms. The van der Waals surface area contributed by atoms with Crippen molar-refractivity contribution in [3.05, 3.63) is 22.4 Å². The molecule has 1 heterocycles. The molecule has 1 fully saturated rings. The summed E-state index contributed by atoms with van der Waals surface area (Å²) in [6, 6.07) is 2.90. The van der Waals surface area contributed by atoms with E-state index in [1.807, 2.05) is 0 Å². The summed E-state index contributed by atoms with van der Waals surface area (Å²) in [6.07, 6.45) is 7.19. The Labute approximate surface area is 96.9 Å². The third kappa shape index (κ3) is 3.32. The van der Waals surface area contributed by atoms with Crippen molar-refractivity contribution in [3.8, 4) is 0 Å². The van der Waals surface area contributed by atoms with Crippen LogP contribution in [-0.2, 0) is 6.54 Å². The van der Waals surface area contributed by atoms with Crippen LogP contribution in [0.25, 0.3) is 0 Å². The SMILES string of the molecule is C[C@@H](NCc1ccsc1)C1CCCCC1. The zero-order valence-corrected chi connectivity index (χ0v) is 10.4. The number of thiophene rings is 1. The quantitative estimate of drug-likeness (QED) is 0.818. The van der Waals surface area contributed by atoms with Crippen LogP contribution >= 0.6 is 11.3 Å². The van der Waals surface area contributed by atoms with Gasteiger partial charge in [0.25, 0.3) is 0 Å². The summed E-state index contributed by atoms with van der Waals surface area (Å²) >= 11 is 1.79. The van der Waals surface area contributed by atoms with Crippen LogP contribution in [-0.4, -0.2) is 6.04 Å². The predicted octanol–water partition coefficient (Wildman–Crippen LogP) is 3.81. The van der Waals surface area contributed by atoms with Crippen LogP contribution < -0.4 is 5.32 Å². The molecule has 0 aliphatic heterocycles. The third-order valence-electron chi connectivity index (χ3n) is 3.57. The minimum atomic E-state index is 0.685. The Balaban J connectivity index is 1.74. The Morgan fingerprint density at radius 2 is 2.20 bits per heavy atom. The largest absolute Gasteiger partial charge is 0.310 e. The van der Waals surface area contributed by atoms with E-state index >= 15 is 0 Å². The third-order valence-corrected chi connectivity index (χ3v) is 4.30. The summed E-state index contributed by atoms with van der Waals surface area (Å²) in [5.74, 6) is 0.914. The molecule has 1 nitrogen and oxygen atoms in total. The van der Waals surface area contributed by atoms with E-state index in [0.29, 0.717) is 6.04 Å². The Kier molecular flexibility index (Phi) is 4.21. The zero-order valence-electron chi connectivity index (χ0n) is 9.54. The van der Waals surface area contributed by atoms with Crippen LogP contribution in [0.4, 0.5) is 0 Å². The van der Waals surface area contributed by atoms with Crippen molar-refractivity contribution in [2.75, 3.05) is 0 Å². The molecule has 1 N–H and O–H groups in total. The fourth-order valence-electron chi connectivity index (χ4n) is 2.47. The number of rotatable bonds is 4. The van der Waals surface area contributed by atoms with Gasteiger partial charge in [0.15, 0.2) is 0 Å². The molecule has 2 rings (SSSR count). The standard InChI is InChI=1S/C13H21NS/c1-11(13-5-3-2-4-6-13)14-9-12-7-8-15-10-12/h7-8,10-11,13-14H,2-6,9H2,1H3/t11-/m1/s1. The topological polar surface area (TPSA) is 12.0 Å². The van der Waals surface area contributed by atoms with E-state index in [1.54, 1.807) is 11.3 Å². The summed E-state index contributed by atoms with van der Waals surface area (Å²) in [5, 5.41) is 8.05. The molecule has 15 heavy (non-hydrogen) atoms. The van der Waals surface area contributed by atoms with E-state index in [0.717, 1.165) is 12.5 Å². The minimum absolute atomic E-state index is 0.685. The molecular weight excluding hydrogens is 202 g/mol. The van der Waals surface area contributed by atoms with Crippen molar-refractivity contribution in [2.24, 2.45) is 5.92 Å². The van der Waals surface area contributed by atoms with E-state index in [-0.39, 0.29) is 0 Å². The Bertz CT molecular complexity index is 262. The van der Waals surface area contributed by atoms with Gasteiger partial charge in [-0.2, -0.15) is 11.3 Å². The van der Waals surface area contributed by atoms with Gasteiger partial charge in [0, 0.05) is 12.6 Å². The van der Waals surface area contributed by atoms with Crippen molar-refractivity contribution in [2.45, 2.75) is 51.6 Å². The molecule has 1 atom stereocenters. The summed E-state index contributed by atoms with van der Waals surface area (Å²) < 4.78 is 0. The first-order valence-electron chi connectivity index (χ1n) is 6.11. The smallest absolute Gasteiger partial charge is 0.0216 e. The van der Waals surface area contributed by atoms with Crippen LogP contribution in [0.5, 0.6) is 0 Å². The molecule has 2 heteroatoms. The summed E-state index contributed by atoms with van der Waals surface area (Å²) in [5.41, 5.74) is 1.43. The second-order valence-electron chi connectivity index (χ2n) is 4.70. The van der Waals surface area contributed by atoms with Gasteiger partial charge in [-0.25, -0.2) is 0 Å². The number of hydrogen-bond acceptors (Lipinski definition) is 2. The highest BCUT2D eigenvalue weighted by molar-refractivity contribution is 7.07. The van der Waals surface area contributed by atoms with Crippen LogP contribution in [0, 0.1) is 5.92 Å². The van der Waals surface area contributed by atoms with Gasteiger partial charge in [0.2, 0.25) is 0 Å². The molecule has 84 valence electrons. The van der Waals surface area contributed by atoms with Gasteiger partial charge in [0.1, 0.15) is 0 Å². The monoisotopic (exact) mass is 223 g/mol. The van der Waals surface area contributed by atoms with Crippen LogP contribution in [0.2, 0.25) is 0 Å². The highest BCUT2D eigenvalue weighted by Crippen LogP contribution is 2.26. The predicted molar refractivity (Wildman–Crippen MR) is 67.2 cm³/mol. The Morgan fingerprint density at radius 1 is 1.40 bits per heavy atom. The molecule has 0 radical (unpaired) electrons. The minimum Gasteiger partial charge on any atom is -0.310 e. The van der Waals surface area contributed by atoms with Crippen molar-refractivity contribution < 1.29 is 0 Å². The van der Waals surface area contributed by atoms with E-state index in [1.165, 1.54) is 37.7 Å². The van der Waals surface area contributed by atoms with Gasteiger partial charge in [-0.15, -0.1) is 0 Å². The molecule has 0 bridgehead atoms. The van der Waals surface area contributed by atoms with Gasteiger partial charge in [-0.1, -0.05) is 19.3 Å². The second-order valence-corrected chi connectivity index (χ2v) is 5.48. The first-order valence-corrected chi connectivity index (χ1v) is 7.05. The maximum atomic E-state index is 3.66.